The van der Waals surface area contributed by atoms with E-state index in [4.69, 9.17) is 5.11 Å². The van der Waals surface area contributed by atoms with E-state index in [1.54, 1.807) is 0 Å². The summed E-state index contributed by atoms with van der Waals surface area (Å²) >= 11 is 0. The lowest BCUT2D eigenvalue weighted by molar-refractivity contribution is 0.0743. The number of β-amino-alcohol motifs (C(OH)–C–C–N with tert-alkyl or cyclic N) is 1. The maximum absolute atomic E-state index is 8.87. The second kappa shape index (κ2) is 5.80. The second-order valence-corrected chi connectivity index (χ2v) is 4.60. The van der Waals surface area contributed by atoms with Crippen LogP contribution in [0.4, 0.5) is 0 Å². The van der Waals surface area contributed by atoms with E-state index in [-0.39, 0.29) is 0 Å². The van der Waals surface area contributed by atoms with Crippen LogP contribution in [-0.4, -0.2) is 73.4 Å². The van der Waals surface area contributed by atoms with Gasteiger partial charge in [0, 0.05) is 45.3 Å². The van der Waals surface area contributed by atoms with Crippen LogP contribution in [0.5, 0.6) is 0 Å². The number of hydrogen-bond donors (Lipinski definition) is 2. The minimum Gasteiger partial charge on any atom is -0.395 e. The Kier molecular flexibility index (Phi) is 4.38. The van der Waals surface area contributed by atoms with Crippen molar-refractivity contribution in [3.8, 4) is 0 Å². The third-order valence-electron chi connectivity index (χ3n) is 3.61. The van der Waals surface area contributed by atoms with Crippen molar-refractivity contribution in [3.05, 3.63) is 0 Å². The fraction of sp³-hybridized carbons (Fsp3) is 1.00. The van der Waals surface area contributed by atoms with E-state index in [2.05, 4.69) is 15.1 Å². The first-order valence-electron chi connectivity index (χ1n) is 6.18. The number of piperidine rings is 1. The van der Waals surface area contributed by atoms with Gasteiger partial charge in [-0.15, -0.1) is 0 Å². The Morgan fingerprint density at radius 2 is 2.00 bits per heavy atom. The first-order valence-corrected chi connectivity index (χ1v) is 6.18. The van der Waals surface area contributed by atoms with Gasteiger partial charge in [-0.25, -0.2) is 0 Å². The molecule has 0 aromatic heterocycles. The number of piperazine rings is 1. The van der Waals surface area contributed by atoms with Crippen LogP contribution >= 0.6 is 0 Å². The highest BCUT2D eigenvalue weighted by Crippen LogP contribution is 2.12. The Labute approximate surface area is 92.2 Å². The summed E-state index contributed by atoms with van der Waals surface area (Å²) in [5.74, 6) is 0. The van der Waals surface area contributed by atoms with Gasteiger partial charge in [-0.1, -0.05) is 0 Å². The van der Waals surface area contributed by atoms with Gasteiger partial charge in [-0.2, -0.15) is 0 Å². The maximum Gasteiger partial charge on any atom is 0.0558 e. The number of hydrogen-bond acceptors (Lipinski definition) is 4. The predicted octanol–water partition coefficient (Wildman–Crippen LogP) is -0.652. The van der Waals surface area contributed by atoms with Crippen molar-refractivity contribution in [2.24, 2.45) is 0 Å². The number of rotatable bonds is 3. The molecule has 0 amide bonds. The van der Waals surface area contributed by atoms with Gasteiger partial charge < -0.3 is 10.4 Å². The highest BCUT2D eigenvalue weighted by molar-refractivity contribution is 4.82. The van der Waals surface area contributed by atoms with Gasteiger partial charge in [0.15, 0.2) is 0 Å². The lowest BCUT2D eigenvalue weighted by Gasteiger charge is -2.40. The SMILES string of the molecule is OCCN1CCN([C@@H]2CCCNC2)CC1. The van der Waals surface area contributed by atoms with Gasteiger partial charge in [0.05, 0.1) is 6.61 Å². The molecule has 4 nitrogen and oxygen atoms in total. The lowest BCUT2D eigenvalue weighted by atomic mass is 10.1. The molecule has 2 aliphatic heterocycles. The zero-order valence-corrected chi connectivity index (χ0v) is 9.49. The quantitative estimate of drug-likeness (QED) is 0.653. The van der Waals surface area contributed by atoms with Crippen molar-refractivity contribution in [1.29, 1.82) is 0 Å². The van der Waals surface area contributed by atoms with Crippen LogP contribution in [0.3, 0.4) is 0 Å². The average molecular weight is 213 g/mol. The Morgan fingerprint density at radius 3 is 2.60 bits per heavy atom. The highest BCUT2D eigenvalue weighted by Gasteiger charge is 2.24. The molecule has 2 fully saturated rings. The standard InChI is InChI=1S/C11H23N3O/c15-9-8-13-4-6-14(7-5-13)11-2-1-3-12-10-11/h11-12,15H,1-10H2/t11-/m1/s1. The summed E-state index contributed by atoms with van der Waals surface area (Å²) in [6.45, 7) is 8.09. The van der Waals surface area contributed by atoms with E-state index in [1.807, 2.05) is 0 Å². The molecule has 0 bridgehead atoms. The molecule has 1 atom stereocenters. The Hall–Kier alpha value is -0.160. The molecule has 0 aliphatic carbocycles. The minimum atomic E-state index is 0.297. The third kappa shape index (κ3) is 3.14. The molecule has 2 N–H and O–H groups in total. The molecular formula is C11H23N3O. The van der Waals surface area contributed by atoms with Gasteiger partial charge in [0.25, 0.3) is 0 Å². The van der Waals surface area contributed by atoms with Crippen LogP contribution in [0.15, 0.2) is 0 Å². The zero-order chi connectivity index (χ0) is 10.5. The molecule has 15 heavy (non-hydrogen) atoms. The molecule has 4 heteroatoms. The molecule has 0 saturated carbocycles. The van der Waals surface area contributed by atoms with E-state index in [0.717, 1.165) is 25.7 Å². The summed E-state index contributed by atoms with van der Waals surface area (Å²) in [5.41, 5.74) is 0. The Morgan fingerprint density at radius 1 is 1.20 bits per heavy atom. The van der Waals surface area contributed by atoms with E-state index in [9.17, 15) is 0 Å². The normalized spacial score (nSPS) is 30.6. The number of nitrogens with zero attached hydrogens (tertiary/aromatic N) is 2. The molecule has 0 aromatic carbocycles. The molecular weight excluding hydrogens is 190 g/mol. The molecule has 0 aromatic rings. The van der Waals surface area contributed by atoms with Gasteiger partial charge >= 0.3 is 0 Å². The van der Waals surface area contributed by atoms with Crippen molar-refractivity contribution in [3.63, 3.8) is 0 Å². The zero-order valence-electron chi connectivity index (χ0n) is 9.49. The molecule has 2 rings (SSSR count). The topological polar surface area (TPSA) is 38.7 Å². The van der Waals surface area contributed by atoms with Crippen LogP contribution in [0.1, 0.15) is 12.8 Å². The van der Waals surface area contributed by atoms with Crippen LogP contribution in [0, 0.1) is 0 Å². The van der Waals surface area contributed by atoms with Gasteiger partial charge in [0.2, 0.25) is 0 Å². The van der Waals surface area contributed by atoms with Crippen LogP contribution in [0.25, 0.3) is 0 Å². The lowest BCUT2D eigenvalue weighted by Crippen LogP contribution is -2.54. The maximum atomic E-state index is 8.87. The van der Waals surface area contributed by atoms with Crippen molar-refractivity contribution >= 4 is 0 Å². The first kappa shape index (κ1) is 11.3. The summed E-state index contributed by atoms with van der Waals surface area (Å²) in [6.07, 6.45) is 2.68. The minimum absolute atomic E-state index is 0.297. The van der Waals surface area contributed by atoms with Crippen molar-refractivity contribution in [2.75, 3.05) is 52.4 Å². The monoisotopic (exact) mass is 213 g/mol. The van der Waals surface area contributed by atoms with E-state index < -0.39 is 0 Å². The molecule has 2 aliphatic rings. The number of nitrogens with one attached hydrogen (secondary N) is 1. The van der Waals surface area contributed by atoms with Crippen LogP contribution in [-0.2, 0) is 0 Å². The molecule has 2 heterocycles. The predicted molar refractivity (Wildman–Crippen MR) is 61.0 cm³/mol. The van der Waals surface area contributed by atoms with Gasteiger partial charge in [-0.05, 0) is 19.4 Å². The summed E-state index contributed by atoms with van der Waals surface area (Å²) in [5, 5.41) is 12.3. The van der Waals surface area contributed by atoms with Crippen molar-refractivity contribution in [2.45, 2.75) is 18.9 Å². The highest BCUT2D eigenvalue weighted by atomic mass is 16.3. The van der Waals surface area contributed by atoms with Crippen LogP contribution in [0.2, 0.25) is 0 Å². The fourth-order valence-electron chi connectivity index (χ4n) is 2.64. The van der Waals surface area contributed by atoms with E-state index in [1.165, 1.54) is 39.0 Å². The fourth-order valence-corrected chi connectivity index (χ4v) is 2.64. The number of aliphatic hydroxyl groups excluding tert-OH is 1. The molecule has 0 radical (unpaired) electrons. The third-order valence-corrected chi connectivity index (χ3v) is 3.61. The molecule has 2 saturated heterocycles. The summed E-state index contributed by atoms with van der Waals surface area (Å²) in [6, 6.07) is 0.759. The van der Waals surface area contributed by atoms with Crippen LogP contribution < -0.4 is 5.32 Å². The second-order valence-electron chi connectivity index (χ2n) is 4.60. The van der Waals surface area contributed by atoms with E-state index >= 15 is 0 Å². The summed E-state index contributed by atoms with van der Waals surface area (Å²) in [4.78, 5) is 4.97. The molecule has 88 valence electrons. The smallest absolute Gasteiger partial charge is 0.0558 e. The van der Waals surface area contributed by atoms with Crippen molar-refractivity contribution < 1.29 is 5.11 Å². The van der Waals surface area contributed by atoms with Crippen molar-refractivity contribution in [1.82, 2.24) is 15.1 Å². The summed E-state index contributed by atoms with van der Waals surface area (Å²) < 4.78 is 0. The summed E-state index contributed by atoms with van der Waals surface area (Å²) in [7, 11) is 0. The molecule has 0 spiro atoms. The largest absolute Gasteiger partial charge is 0.395 e. The van der Waals surface area contributed by atoms with E-state index in [0.29, 0.717) is 6.61 Å². The Bertz CT molecular complexity index is 175. The van der Waals surface area contributed by atoms with Gasteiger partial charge in [0.1, 0.15) is 0 Å². The molecule has 0 unspecified atom stereocenters. The Balaban J connectivity index is 1.72. The average Bonchev–Trinajstić information content (AvgIpc) is 2.32. The number of aliphatic hydroxyl groups is 1. The van der Waals surface area contributed by atoms with Gasteiger partial charge in [-0.3, -0.25) is 9.80 Å². The first-order chi connectivity index (χ1) is 7.40.